The summed E-state index contributed by atoms with van der Waals surface area (Å²) in [6.07, 6.45) is 1.53. The number of furan rings is 1. The van der Waals surface area contributed by atoms with Gasteiger partial charge in [-0.3, -0.25) is 4.79 Å². The van der Waals surface area contributed by atoms with E-state index in [9.17, 15) is 4.79 Å². The minimum Gasteiger partial charge on any atom is -0.453 e. The Balaban J connectivity index is 1.26. The van der Waals surface area contributed by atoms with Gasteiger partial charge in [0.1, 0.15) is 11.3 Å². The molecule has 2 aromatic carbocycles. The molecule has 0 unspecified atom stereocenters. The quantitative estimate of drug-likeness (QED) is 0.472. The Morgan fingerprint density at radius 2 is 1.72 bits per heavy atom. The Morgan fingerprint density at radius 3 is 2.59 bits per heavy atom. The van der Waals surface area contributed by atoms with Crippen molar-refractivity contribution < 1.29 is 18.2 Å². The summed E-state index contributed by atoms with van der Waals surface area (Å²) >= 11 is 0. The van der Waals surface area contributed by atoms with Crippen LogP contribution < -0.4 is 5.32 Å². The molecule has 7 nitrogen and oxygen atoms in total. The molecule has 1 amide bonds. The number of para-hydroxylation sites is 1. The summed E-state index contributed by atoms with van der Waals surface area (Å²) in [5.41, 5.74) is 2.18. The summed E-state index contributed by atoms with van der Waals surface area (Å²) in [5, 5.41) is 7.68. The number of amides is 1. The zero-order chi connectivity index (χ0) is 19.6. The summed E-state index contributed by atoms with van der Waals surface area (Å²) < 4.78 is 16.7. The smallest absolute Gasteiger partial charge is 0.307 e. The van der Waals surface area contributed by atoms with E-state index in [2.05, 4.69) is 15.5 Å². The van der Waals surface area contributed by atoms with E-state index in [1.807, 2.05) is 60.7 Å². The van der Waals surface area contributed by atoms with E-state index in [0.29, 0.717) is 23.0 Å². The second-order valence-corrected chi connectivity index (χ2v) is 6.41. The number of nitrogens with one attached hydrogen (secondary N) is 1. The number of fused-ring (bicyclic) bond motifs is 1. The molecule has 3 aromatic heterocycles. The predicted octanol–water partition coefficient (Wildman–Crippen LogP) is 4.67. The summed E-state index contributed by atoms with van der Waals surface area (Å²) in [4.78, 5) is 16.4. The van der Waals surface area contributed by atoms with Crippen molar-refractivity contribution in [2.45, 2.75) is 6.54 Å². The molecule has 0 saturated heterocycles. The van der Waals surface area contributed by atoms with E-state index in [0.717, 1.165) is 16.5 Å². The van der Waals surface area contributed by atoms with Crippen LogP contribution in [0.3, 0.4) is 0 Å². The first-order valence-electron chi connectivity index (χ1n) is 9.00. The average molecular weight is 385 g/mol. The number of oxazole rings is 1. The van der Waals surface area contributed by atoms with Gasteiger partial charge in [-0.05, 0) is 12.1 Å². The van der Waals surface area contributed by atoms with E-state index < -0.39 is 5.91 Å². The lowest BCUT2D eigenvalue weighted by Gasteiger charge is -1.98. The average Bonchev–Trinajstić information content (AvgIpc) is 3.51. The molecule has 0 aliphatic heterocycles. The van der Waals surface area contributed by atoms with Gasteiger partial charge in [-0.1, -0.05) is 53.7 Å². The number of benzene rings is 2. The number of carbonyl (C=O) groups is 1. The fourth-order valence-corrected chi connectivity index (χ4v) is 2.98. The second-order valence-electron chi connectivity index (χ2n) is 6.41. The molecule has 29 heavy (non-hydrogen) atoms. The normalized spacial score (nSPS) is 11.0. The van der Waals surface area contributed by atoms with Crippen LogP contribution in [0.2, 0.25) is 0 Å². The summed E-state index contributed by atoms with van der Waals surface area (Å²) in [7, 11) is 0. The minimum absolute atomic E-state index is 0.00939. The van der Waals surface area contributed by atoms with Crippen LogP contribution in [-0.4, -0.2) is 16.0 Å². The van der Waals surface area contributed by atoms with Gasteiger partial charge >= 0.3 is 5.91 Å². The van der Waals surface area contributed by atoms with Crippen LogP contribution in [0, 0.1) is 0 Å². The van der Waals surface area contributed by atoms with E-state index >= 15 is 0 Å². The molecule has 0 atom stereocenters. The molecule has 0 aliphatic carbocycles. The standard InChI is InChI=1S/C22H15N3O4/c26-21(22-24-13-20(28-22)14-6-2-1-3-7-14)23-12-16-11-19(29-25-16)18-10-15-8-4-5-9-17(15)27-18/h1-11,13H,12H2,(H,23,26). The first-order chi connectivity index (χ1) is 14.3. The van der Waals surface area contributed by atoms with Gasteiger partial charge in [0.25, 0.3) is 5.89 Å². The van der Waals surface area contributed by atoms with Gasteiger partial charge in [0, 0.05) is 17.0 Å². The Kier molecular flexibility index (Phi) is 4.18. The van der Waals surface area contributed by atoms with E-state index in [1.165, 1.54) is 6.20 Å². The molecular formula is C22H15N3O4. The molecule has 0 fully saturated rings. The van der Waals surface area contributed by atoms with Crippen molar-refractivity contribution in [1.82, 2.24) is 15.5 Å². The fraction of sp³-hybridized carbons (Fsp3) is 0.0455. The molecule has 0 spiro atoms. The van der Waals surface area contributed by atoms with Gasteiger partial charge in [-0.15, -0.1) is 0 Å². The molecular weight excluding hydrogens is 370 g/mol. The van der Waals surface area contributed by atoms with Gasteiger partial charge < -0.3 is 18.7 Å². The highest BCUT2D eigenvalue weighted by molar-refractivity contribution is 5.90. The first-order valence-corrected chi connectivity index (χ1v) is 9.00. The van der Waals surface area contributed by atoms with Crippen molar-refractivity contribution in [2.75, 3.05) is 0 Å². The molecule has 7 heteroatoms. The SMILES string of the molecule is O=C(NCc1cc(-c2cc3ccccc3o2)on1)c1ncc(-c2ccccc2)o1. The van der Waals surface area contributed by atoms with Crippen LogP contribution in [0.25, 0.3) is 33.8 Å². The number of nitrogens with zero attached hydrogens (tertiary/aromatic N) is 2. The van der Waals surface area contributed by atoms with Crippen LogP contribution in [0.15, 0.2) is 86.3 Å². The largest absolute Gasteiger partial charge is 0.453 e. The van der Waals surface area contributed by atoms with Crippen LogP contribution in [0.4, 0.5) is 0 Å². The third-order valence-electron chi connectivity index (χ3n) is 4.42. The summed E-state index contributed by atoms with van der Waals surface area (Å²) in [6.45, 7) is 0.172. The Morgan fingerprint density at radius 1 is 0.897 bits per heavy atom. The molecule has 5 rings (SSSR count). The second kappa shape index (κ2) is 7.12. The Bertz CT molecular complexity index is 1250. The maximum atomic E-state index is 12.3. The molecule has 0 radical (unpaired) electrons. The maximum Gasteiger partial charge on any atom is 0.307 e. The first kappa shape index (κ1) is 17.0. The van der Waals surface area contributed by atoms with Crippen molar-refractivity contribution in [3.63, 3.8) is 0 Å². The van der Waals surface area contributed by atoms with Gasteiger partial charge in [0.05, 0.1) is 12.7 Å². The van der Waals surface area contributed by atoms with E-state index in [4.69, 9.17) is 13.4 Å². The maximum absolute atomic E-state index is 12.3. The van der Waals surface area contributed by atoms with Gasteiger partial charge in [0.15, 0.2) is 11.5 Å². The lowest BCUT2D eigenvalue weighted by molar-refractivity contribution is 0.0916. The number of aromatic nitrogens is 2. The highest BCUT2D eigenvalue weighted by Crippen LogP contribution is 2.28. The van der Waals surface area contributed by atoms with Crippen LogP contribution in [0.5, 0.6) is 0 Å². The highest BCUT2D eigenvalue weighted by atomic mass is 16.5. The highest BCUT2D eigenvalue weighted by Gasteiger charge is 2.16. The molecule has 0 saturated carbocycles. The molecule has 142 valence electrons. The lowest BCUT2D eigenvalue weighted by Crippen LogP contribution is -2.23. The van der Waals surface area contributed by atoms with Crippen molar-refractivity contribution in [1.29, 1.82) is 0 Å². The van der Waals surface area contributed by atoms with Crippen LogP contribution >= 0.6 is 0 Å². The summed E-state index contributed by atoms with van der Waals surface area (Å²) in [6, 6.07) is 20.8. The third kappa shape index (κ3) is 3.41. The third-order valence-corrected chi connectivity index (χ3v) is 4.42. The molecule has 0 bridgehead atoms. The van der Waals surface area contributed by atoms with Crippen molar-refractivity contribution in [3.05, 3.63) is 84.5 Å². The van der Waals surface area contributed by atoms with Gasteiger partial charge in [-0.2, -0.15) is 0 Å². The van der Waals surface area contributed by atoms with E-state index in [1.54, 1.807) is 6.07 Å². The van der Waals surface area contributed by atoms with Crippen molar-refractivity contribution >= 4 is 16.9 Å². The Hall–Kier alpha value is -4.13. The lowest BCUT2D eigenvalue weighted by atomic mass is 10.2. The van der Waals surface area contributed by atoms with Gasteiger partial charge in [0.2, 0.25) is 5.76 Å². The number of carbonyl (C=O) groups excluding carboxylic acids is 1. The minimum atomic E-state index is -0.430. The molecule has 5 aromatic rings. The fourth-order valence-electron chi connectivity index (χ4n) is 2.98. The van der Waals surface area contributed by atoms with Crippen molar-refractivity contribution in [3.8, 4) is 22.8 Å². The molecule has 3 heterocycles. The molecule has 0 aliphatic rings. The zero-order valence-electron chi connectivity index (χ0n) is 15.2. The number of rotatable bonds is 5. The topological polar surface area (TPSA) is 94.3 Å². The van der Waals surface area contributed by atoms with Crippen molar-refractivity contribution in [2.24, 2.45) is 0 Å². The van der Waals surface area contributed by atoms with Crippen LogP contribution in [-0.2, 0) is 6.54 Å². The number of hydrogen-bond acceptors (Lipinski definition) is 6. The Labute approximate surface area is 164 Å². The summed E-state index contributed by atoms with van der Waals surface area (Å²) in [5.74, 6) is 1.17. The number of hydrogen-bond donors (Lipinski definition) is 1. The van der Waals surface area contributed by atoms with E-state index in [-0.39, 0.29) is 12.4 Å². The monoisotopic (exact) mass is 385 g/mol. The predicted molar refractivity (Wildman–Crippen MR) is 105 cm³/mol. The van der Waals surface area contributed by atoms with Gasteiger partial charge in [-0.25, -0.2) is 4.98 Å². The zero-order valence-corrected chi connectivity index (χ0v) is 15.2. The molecule has 1 N–H and O–H groups in total. The van der Waals surface area contributed by atoms with Crippen LogP contribution in [0.1, 0.15) is 16.4 Å².